The van der Waals surface area contributed by atoms with Gasteiger partial charge < -0.3 is 4.74 Å². The van der Waals surface area contributed by atoms with Crippen molar-refractivity contribution >= 4 is 5.97 Å². The summed E-state index contributed by atoms with van der Waals surface area (Å²) in [7, 11) is 0. The number of carbonyl (C=O) groups excluding carboxylic acids is 1. The molecule has 0 heterocycles. The molecule has 20 heavy (non-hydrogen) atoms. The van der Waals surface area contributed by atoms with Crippen LogP contribution in [0.2, 0.25) is 0 Å². The van der Waals surface area contributed by atoms with E-state index in [2.05, 4.69) is 6.92 Å². The summed E-state index contributed by atoms with van der Waals surface area (Å²) in [6, 6.07) is 7.57. The van der Waals surface area contributed by atoms with Crippen molar-refractivity contribution in [3.8, 4) is 0 Å². The van der Waals surface area contributed by atoms with E-state index in [9.17, 15) is 4.79 Å². The number of ether oxygens (including phenoxy) is 1. The lowest BCUT2D eigenvalue weighted by molar-refractivity contribution is 0.0497. The minimum atomic E-state index is -0.189. The average molecular weight is 276 g/mol. The van der Waals surface area contributed by atoms with E-state index in [0.29, 0.717) is 12.2 Å². The Balaban J connectivity index is 2.04. The summed E-state index contributed by atoms with van der Waals surface area (Å²) in [6.07, 6.45) is 10.1. The van der Waals surface area contributed by atoms with Crippen LogP contribution in [-0.4, -0.2) is 12.6 Å². The summed E-state index contributed by atoms with van der Waals surface area (Å²) in [6.45, 7) is 4.72. The zero-order valence-electron chi connectivity index (χ0n) is 13.0. The molecule has 0 fully saturated rings. The minimum Gasteiger partial charge on any atom is -0.462 e. The Bertz CT molecular complexity index is 385. The lowest BCUT2D eigenvalue weighted by atomic mass is 10.1. The van der Waals surface area contributed by atoms with Crippen LogP contribution in [-0.2, 0) is 4.74 Å². The molecule has 0 aliphatic heterocycles. The van der Waals surface area contributed by atoms with Crippen LogP contribution in [0.3, 0.4) is 0 Å². The molecule has 0 N–H and O–H groups in total. The number of esters is 1. The molecule has 0 bridgehead atoms. The molecule has 1 aromatic carbocycles. The van der Waals surface area contributed by atoms with Crippen LogP contribution in [0, 0.1) is 6.92 Å². The predicted octanol–water partition coefficient (Wildman–Crippen LogP) is 5.29. The van der Waals surface area contributed by atoms with E-state index in [-0.39, 0.29) is 5.97 Å². The maximum Gasteiger partial charge on any atom is 0.338 e. The predicted molar refractivity (Wildman–Crippen MR) is 84.1 cm³/mol. The van der Waals surface area contributed by atoms with Gasteiger partial charge in [0.05, 0.1) is 12.2 Å². The maximum atomic E-state index is 11.9. The highest BCUT2D eigenvalue weighted by atomic mass is 16.5. The highest BCUT2D eigenvalue weighted by Crippen LogP contribution is 2.11. The first kappa shape index (κ1) is 16.7. The topological polar surface area (TPSA) is 26.3 Å². The van der Waals surface area contributed by atoms with Gasteiger partial charge in [0.1, 0.15) is 0 Å². The second kappa shape index (κ2) is 10.5. The largest absolute Gasteiger partial charge is 0.462 e. The number of rotatable bonds is 10. The molecule has 2 heteroatoms. The first-order valence-electron chi connectivity index (χ1n) is 7.98. The Hall–Kier alpha value is -1.31. The van der Waals surface area contributed by atoms with E-state index < -0.39 is 0 Å². The van der Waals surface area contributed by atoms with E-state index >= 15 is 0 Å². The fraction of sp³-hybridized carbons (Fsp3) is 0.611. The molecule has 0 aliphatic carbocycles. The SMILES string of the molecule is CCCCCCCCCCOC(=O)c1ccccc1C. The molecule has 0 unspecified atom stereocenters. The number of hydrogen-bond donors (Lipinski definition) is 0. The van der Waals surface area contributed by atoms with Gasteiger partial charge in [-0.3, -0.25) is 0 Å². The fourth-order valence-electron chi connectivity index (χ4n) is 2.28. The van der Waals surface area contributed by atoms with Crippen molar-refractivity contribution in [2.45, 2.75) is 65.2 Å². The molecule has 1 rings (SSSR count). The molecule has 0 radical (unpaired) electrons. The first-order valence-corrected chi connectivity index (χ1v) is 7.98. The van der Waals surface area contributed by atoms with Crippen molar-refractivity contribution < 1.29 is 9.53 Å². The van der Waals surface area contributed by atoms with Gasteiger partial charge in [0.15, 0.2) is 0 Å². The highest BCUT2D eigenvalue weighted by molar-refractivity contribution is 5.90. The van der Waals surface area contributed by atoms with Crippen LogP contribution in [0.1, 0.15) is 74.2 Å². The Labute approximate surface area is 123 Å². The van der Waals surface area contributed by atoms with Crippen molar-refractivity contribution in [1.29, 1.82) is 0 Å². The van der Waals surface area contributed by atoms with Gasteiger partial charge in [0, 0.05) is 0 Å². The van der Waals surface area contributed by atoms with Crippen LogP contribution in [0.25, 0.3) is 0 Å². The second-order valence-electron chi connectivity index (χ2n) is 5.43. The molecule has 0 atom stereocenters. The summed E-state index contributed by atoms with van der Waals surface area (Å²) in [4.78, 5) is 11.9. The summed E-state index contributed by atoms with van der Waals surface area (Å²) < 4.78 is 5.32. The van der Waals surface area contributed by atoms with Crippen LogP contribution in [0.5, 0.6) is 0 Å². The van der Waals surface area contributed by atoms with Crippen molar-refractivity contribution in [3.05, 3.63) is 35.4 Å². The van der Waals surface area contributed by atoms with Crippen LogP contribution in [0.15, 0.2) is 24.3 Å². The molecule has 0 saturated carbocycles. The molecule has 0 spiro atoms. The zero-order valence-corrected chi connectivity index (χ0v) is 13.0. The van der Waals surface area contributed by atoms with E-state index in [1.54, 1.807) is 0 Å². The standard InChI is InChI=1S/C18H28O2/c1-3-4-5-6-7-8-9-12-15-20-18(19)17-14-11-10-13-16(17)2/h10-11,13-14H,3-9,12,15H2,1-2H3. The maximum absolute atomic E-state index is 11.9. The molecular formula is C18H28O2. The quantitative estimate of drug-likeness (QED) is 0.428. The van der Waals surface area contributed by atoms with Gasteiger partial charge in [0.25, 0.3) is 0 Å². The summed E-state index contributed by atoms with van der Waals surface area (Å²) in [5.41, 5.74) is 1.67. The van der Waals surface area contributed by atoms with E-state index in [1.165, 1.54) is 38.5 Å². The lowest BCUT2D eigenvalue weighted by Gasteiger charge is -2.07. The molecule has 0 aliphatic rings. The lowest BCUT2D eigenvalue weighted by Crippen LogP contribution is -2.08. The van der Waals surface area contributed by atoms with Gasteiger partial charge >= 0.3 is 5.97 Å². The summed E-state index contributed by atoms with van der Waals surface area (Å²) in [5, 5.41) is 0. The van der Waals surface area contributed by atoms with Crippen LogP contribution >= 0.6 is 0 Å². The summed E-state index contributed by atoms with van der Waals surface area (Å²) >= 11 is 0. The van der Waals surface area contributed by atoms with Gasteiger partial charge in [0.2, 0.25) is 0 Å². The van der Waals surface area contributed by atoms with Gasteiger partial charge in [-0.15, -0.1) is 0 Å². The third kappa shape index (κ3) is 6.74. The number of unbranched alkanes of at least 4 members (excludes halogenated alkanes) is 7. The third-order valence-electron chi connectivity index (χ3n) is 3.60. The Morgan fingerprint density at radius 3 is 2.20 bits per heavy atom. The van der Waals surface area contributed by atoms with Crippen molar-refractivity contribution in [2.75, 3.05) is 6.61 Å². The van der Waals surface area contributed by atoms with Crippen molar-refractivity contribution in [1.82, 2.24) is 0 Å². The van der Waals surface area contributed by atoms with E-state index in [0.717, 1.165) is 18.4 Å². The van der Waals surface area contributed by atoms with Gasteiger partial charge in [-0.05, 0) is 25.0 Å². The fourth-order valence-corrected chi connectivity index (χ4v) is 2.28. The Kier molecular flexibility index (Phi) is 8.77. The second-order valence-corrected chi connectivity index (χ2v) is 5.43. The molecule has 0 aromatic heterocycles. The van der Waals surface area contributed by atoms with E-state index in [4.69, 9.17) is 4.74 Å². The molecule has 112 valence electrons. The van der Waals surface area contributed by atoms with Gasteiger partial charge in [-0.25, -0.2) is 4.79 Å². The molecule has 0 amide bonds. The number of carbonyl (C=O) groups is 1. The number of benzene rings is 1. The Morgan fingerprint density at radius 1 is 0.950 bits per heavy atom. The normalized spacial score (nSPS) is 10.5. The number of aryl methyl sites for hydroxylation is 1. The molecular weight excluding hydrogens is 248 g/mol. The van der Waals surface area contributed by atoms with Crippen molar-refractivity contribution in [2.24, 2.45) is 0 Å². The van der Waals surface area contributed by atoms with Gasteiger partial charge in [-0.2, -0.15) is 0 Å². The van der Waals surface area contributed by atoms with Crippen LogP contribution < -0.4 is 0 Å². The molecule has 1 aromatic rings. The Morgan fingerprint density at radius 2 is 1.55 bits per heavy atom. The molecule has 2 nitrogen and oxygen atoms in total. The average Bonchev–Trinajstić information content (AvgIpc) is 2.46. The monoisotopic (exact) mass is 276 g/mol. The van der Waals surface area contributed by atoms with E-state index in [1.807, 2.05) is 31.2 Å². The third-order valence-corrected chi connectivity index (χ3v) is 3.60. The summed E-state index contributed by atoms with van der Waals surface area (Å²) in [5.74, 6) is -0.189. The van der Waals surface area contributed by atoms with Gasteiger partial charge in [-0.1, -0.05) is 70.1 Å². The van der Waals surface area contributed by atoms with Crippen molar-refractivity contribution in [3.63, 3.8) is 0 Å². The minimum absolute atomic E-state index is 0.189. The smallest absolute Gasteiger partial charge is 0.338 e. The van der Waals surface area contributed by atoms with Crippen LogP contribution in [0.4, 0.5) is 0 Å². The first-order chi connectivity index (χ1) is 9.75. The highest BCUT2D eigenvalue weighted by Gasteiger charge is 2.08. The zero-order chi connectivity index (χ0) is 14.6. The number of hydrogen-bond acceptors (Lipinski definition) is 2. The molecule has 0 saturated heterocycles.